The van der Waals surface area contributed by atoms with Crippen molar-refractivity contribution in [2.75, 3.05) is 137 Å². The molecule has 2 N–H and O–H groups in total. The number of halogens is 1. The Bertz CT molecular complexity index is 2200. The topological polar surface area (TPSA) is 203 Å². The monoisotopic (exact) mass is 1030 g/mol. The number of ether oxygens (including phenoxy) is 11. The van der Waals surface area contributed by atoms with E-state index in [1.165, 1.54) is 4.88 Å². The van der Waals surface area contributed by atoms with E-state index in [4.69, 9.17) is 68.7 Å². The zero-order valence-corrected chi connectivity index (χ0v) is 43.5. The van der Waals surface area contributed by atoms with Gasteiger partial charge in [0.1, 0.15) is 34.8 Å². The van der Waals surface area contributed by atoms with Gasteiger partial charge in [-0.05, 0) is 83.5 Å². The van der Waals surface area contributed by atoms with Crippen LogP contribution in [0.4, 0.5) is 10.5 Å². The van der Waals surface area contributed by atoms with Crippen LogP contribution >= 0.6 is 22.9 Å². The summed E-state index contributed by atoms with van der Waals surface area (Å²) >= 11 is 7.91. The number of anilines is 1. The van der Waals surface area contributed by atoms with Crippen molar-refractivity contribution in [2.45, 2.75) is 59.6 Å². The Hall–Kier alpha value is -4.58. The molecule has 2 amide bonds. The molecule has 4 aromatic rings. The molecule has 0 aliphatic carbocycles. The number of amides is 2. The Morgan fingerprint density at radius 2 is 1.13 bits per heavy atom. The first-order valence-corrected chi connectivity index (χ1v) is 25.1. The van der Waals surface area contributed by atoms with E-state index in [9.17, 15) is 9.59 Å². The first-order chi connectivity index (χ1) is 34.4. The molecule has 1 atom stereocenters. The van der Waals surface area contributed by atoms with Crippen LogP contribution in [0.15, 0.2) is 53.5 Å². The summed E-state index contributed by atoms with van der Waals surface area (Å²) in [6.07, 6.45) is -0.392. The van der Waals surface area contributed by atoms with Gasteiger partial charge in [0.25, 0.3) is 0 Å². The van der Waals surface area contributed by atoms with Crippen molar-refractivity contribution in [1.29, 1.82) is 0 Å². The molecule has 0 spiro atoms. The lowest BCUT2D eigenvalue weighted by atomic mass is 9.99. The number of nitrogens with one attached hydrogen (secondary N) is 2. The summed E-state index contributed by atoms with van der Waals surface area (Å²) in [5.41, 5.74) is 3.97. The van der Waals surface area contributed by atoms with Crippen LogP contribution in [0, 0.1) is 20.8 Å². The fourth-order valence-corrected chi connectivity index (χ4v) is 8.11. The van der Waals surface area contributed by atoms with Gasteiger partial charge >= 0.3 is 6.09 Å². The molecule has 2 aromatic heterocycles. The minimum atomic E-state index is -0.573. The summed E-state index contributed by atoms with van der Waals surface area (Å²) in [4.78, 5) is 31.4. The van der Waals surface area contributed by atoms with Crippen LogP contribution in [0.2, 0.25) is 5.02 Å². The Balaban J connectivity index is 0.796. The van der Waals surface area contributed by atoms with Crippen LogP contribution in [0.25, 0.3) is 5.00 Å². The van der Waals surface area contributed by atoms with Crippen LogP contribution in [0.5, 0.6) is 5.75 Å². The van der Waals surface area contributed by atoms with Gasteiger partial charge in [-0.3, -0.25) is 14.4 Å². The lowest BCUT2D eigenvalue weighted by Crippen LogP contribution is -2.34. The molecule has 19 nitrogen and oxygen atoms in total. The highest BCUT2D eigenvalue weighted by Crippen LogP contribution is 2.39. The Morgan fingerprint density at radius 3 is 1.62 bits per heavy atom. The molecule has 21 heteroatoms. The Kier molecular flexibility index (Phi) is 25.7. The predicted molar refractivity (Wildman–Crippen MR) is 270 cm³/mol. The molecule has 0 bridgehead atoms. The highest BCUT2D eigenvalue weighted by Gasteiger charge is 2.32. The average molecular weight is 1030 g/mol. The van der Waals surface area contributed by atoms with Gasteiger partial charge in [0.15, 0.2) is 5.82 Å². The molecule has 0 saturated heterocycles. The molecule has 1 aliphatic heterocycles. The predicted octanol–water partition coefficient (Wildman–Crippen LogP) is 6.88. The van der Waals surface area contributed by atoms with Crippen LogP contribution < -0.4 is 15.4 Å². The molecule has 2 aromatic carbocycles. The van der Waals surface area contributed by atoms with E-state index < -0.39 is 17.7 Å². The molecule has 1 aliphatic rings. The summed E-state index contributed by atoms with van der Waals surface area (Å²) < 4.78 is 62.7. The second-order valence-corrected chi connectivity index (χ2v) is 18.6. The van der Waals surface area contributed by atoms with Gasteiger partial charge in [-0.1, -0.05) is 23.7 Å². The third-order valence-electron chi connectivity index (χ3n) is 10.3. The second kappa shape index (κ2) is 31.8. The van der Waals surface area contributed by atoms with Gasteiger partial charge in [0.05, 0.1) is 131 Å². The van der Waals surface area contributed by atoms with Gasteiger partial charge in [-0.15, -0.1) is 21.5 Å². The first-order valence-electron chi connectivity index (χ1n) is 23.9. The van der Waals surface area contributed by atoms with Crippen LogP contribution in [0.3, 0.4) is 0 Å². The zero-order chi connectivity index (χ0) is 50.7. The maximum absolute atomic E-state index is 13.5. The number of alkyl carbamates (subject to hydrolysis) is 1. The number of nitrogens with zero attached hydrogens (tertiary/aromatic N) is 4. The van der Waals surface area contributed by atoms with Crippen molar-refractivity contribution in [3.8, 4) is 10.8 Å². The number of hydrogen-bond donors (Lipinski definition) is 2. The molecule has 0 fully saturated rings. The van der Waals surface area contributed by atoms with Crippen LogP contribution in [-0.4, -0.2) is 170 Å². The minimum Gasteiger partial charge on any atom is -0.491 e. The number of hydrogen-bond acceptors (Lipinski definition) is 17. The molecule has 392 valence electrons. The molecular formula is C50H71ClN6O13S. The van der Waals surface area contributed by atoms with Crippen molar-refractivity contribution >= 4 is 46.3 Å². The SMILES string of the molecule is Cc1sc2c(c1C)C(c1ccc(Cl)cc1)=N[C@@H](CC(=O)Nc1ccc(OCCOCCOCCOCCOCCOCCOCCOCCOCCOCCNC(=O)OC(C)(C)C)cc1)c1nnc(C)n1-2. The molecule has 5 rings (SSSR count). The third-order valence-corrected chi connectivity index (χ3v) is 11.7. The molecular weight excluding hydrogens is 960 g/mol. The maximum atomic E-state index is 13.5. The number of fused-ring (bicyclic) bond motifs is 3. The maximum Gasteiger partial charge on any atom is 0.407 e. The summed E-state index contributed by atoms with van der Waals surface area (Å²) in [7, 11) is 0. The quantitative estimate of drug-likeness (QED) is 0.0451. The van der Waals surface area contributed by atoms with Crippen molar-refractivity contribution in [1.82, 2.24) is 20.1 Å². The summed E-state index contributed by atoms with van der Waals surface area (Å²) in [6.45, 7) is 20.4. The van der Waals surface area contributed by atoms with Crippen molar-refractivity contribution in [3.63, 3.8) is 0 Å². The number of rotatable bonds is 35. The van der Waals surface area contributed by atoms with Gasteiger partial charge in [0.2, 0.25) is 5.91 Å². The van der Waals surface area contributed by atoms with Gasteiger partial charge in [0, 0.05) is 33.3 Å². The summed E-state index contributed by atoms with van der Waals surface area (Å²) in [5.74, 6) is 1.81. The van der Waals surface area contributed by atoms with E-state index >= 15 is 0 Å². The van der Waals surface area contributed by atoms with E-state index in [2.05, 4.69) is 34.7 Å². The van der Waals surface area contributed by atoms with E-state index in [0.717, 1.165) is 33.2 Å². The minimum absolute atomic E-state index is 0.0679. The normalized spacial score (nSPS) is 13.3. The van der Waals surface area contributed by atoms with E-state index in [1.807, 2.05) is 56.5 Å². The highest BCUT2D eigenvalue weighted by atomic mass is 35.5. The Labute approximate surface area is 426 Å². The van der Waals surface area contributed by atoms with Gasteiger partial charge in [-0.25, -0.2) is 4.79 Å². The standard InChI is InChI=1S/C50H71ClN6O13S/c1-36-37(2)71-48-45(36)46(39-7-9-40(51)10-8-39)54-43(47-56-55-38(3)57(47)48)35-44(58)53-41-11-13-42(14-12-41)69-34-33-68-32-31-67-30-29-66-28-27-65-26-25-64-24-23-63-22-21-62-20-19-61-18-17-60-16-15-52-49(59)70-50(4,5)6/h7-14,43H,15-35H2,1-6H3,(H,52,59)(H,53,58)/t43-/m0/s1. The number of aryl methyl sites for hydroxylation is 2. The second-order valence-electron chi connectivity index (χ2n) is 17.0. The van der Waals surface area contributed by atoms with E-state index in [1.54, 1.807) is 35.6 Å². The zero-order valence-electron chi connectivity index (χ0n) is 41.9. The van der Waals surface area contributed by atoms with E-state index in [-0.39, 0.29) is 12.3 Å². The molecule has 3 heterocycles. The number of carbonyl (C=O) groups is 2. The highest BCUT2D eigenvalue weighted by molar-refractivity contribution is 7.15. The van der Waals surface area contributed by atoms with Gasteiger partial charge in [-0.2, -0.15) is 0 Å². The van der Waals surface area contributed by atoms with Crippen LogP contribution in [0.1, 0.15) is 66.5 Å². The van der Waals surface area contributed by atoms with Crippen LogP contribution in [-0.2, 0) is 52.2 Å². The summed E-state index contributed by atoms with van der Waals surface area (Å²) in [5, 5.41) is 16.2. The smallest absolute Gasteiger partial charge is 0.407 e. The number of aliphatic imine (C=N–C) groups is 1. The Morgan fingerprint density at radius 1 is 0.648 bits per heavy atom. The molecule has 0 saturated carbocycles. The van der Waals surface area contributed by atoms with Gasteiger partial charge < -0.3 is 62.7 Å². The summed E-state index contributed by atoms with van der Waals surface area (Å²) in [6, 6.07) is 14.3. The van der Waals surface area contributed by atoms with Crippen molar-refractivity contribution in [3.05, 3.63) is 86.8 Å². The van der Waals surface area contributed by atoms with E-state index in [0.29, 0.717) is 154 Å². The molecule has 71 heavy (non-hydrogen) atoms. The van der Waals surface area contributed by atoms with Crippen molar-refractivity contribution < 1.29 is 61.7 Å². The largest absolute Gasteiger partial charge is 0.491 e. The molecule has 0 unspecified atom stereocenters. The lowest BCUT2D eigenvalue weighted by Gasteiger charge is -2.19. The number of carbonyl (C=O) groups excluding carboxylic acids is 2. The van der Waals surface area contributed by atoms with Crippen molar-refractivity contribution in [2.24, 2.45) is 4.99 Å². The average Bonchev–Trinajstić information content (AvgIpc) is 3.82. The molecule has 0 radical (unpaired) electrons. The third kappa shape index (κ3) is 21.2. The fourth-order valence-electron chi connectivity index (χ4n) is 6.77. The first kappa shape index (κ1) is 57.3. The number of benzene rings is 2. The lowest BCUT2D eigenvalue weighted by molar-refractivity contribution is -0.116. The number of aromatic nitrogens is 3. The number of thiophene rings is 1. The fraction of sp³-hybridized carbons (Fsp3) is 0.580.